The van der Waals surface area contributed by atoms with Gasteiger partial charge in [-0.3, -0.25) is 4.68 Å². The van der Waals surface area contributed by atoms with Gasteiger partial charge in [0.05, 0.1) is 22.2 Å². The van der Waals surface area contributed by atoms with Gasteiger partial charge in [-0.05, 0) is 24.3 Å². The molecule has 20 heavy (non-hydrogen) atoms. The highest BCUT2D eigenvalue weighted by Crippen LogP contribution is 2.28. The smallest absolute Gasteiger partial charge is 0.336 e. The van der Waals surface area contributed by atoms with Crippen molar-refractivity contribution in [1.29, 1.82) is 0 Å². The SMILES string of the molecule is Cn1cc(Sc2ccc3c(C(=O)O)cccc3n2)cn1. The normalized spacial score (nSPS) is 10.8. The van der Waals surface area contributed by atoms with Gasteiger partial charge in [-0.2, -0.15) is 5.10 Å². The number of aromatic carboxylic acids is 1. The first kappa shape index (κ1) is 12.7. The van der Waals surface area contributed by atoms with E-state index in [2.05, 4.69) is 10.1 Å². The molecule has 0 spiro atoms. The van der Waals surface area contributed by atoms with E-state index in [9.17, 15) is 4.79 Å². The predicted molar refractivity (Wildman–Crippen MR) is 76.0 cm³/mol. The fourth-order valence-corrected chi connectivity index (χ4v) is 2.78. The molecule has 2 aromatic heterocycles. The van der Waals surface area contributed by atoms with Crippen LogP contribution in [0.25, 0.3) is 10.9 Å². The van der Waals surface area contributed by atoms with E-state index in [1.807, 2.05) is 25.4 Å². The standard InChI is InChI=1S/C14H11N3O2S/c1-17-8-9(7-15-17)20-13-6-5-10-11(14(18)19)3-2-4-12(10)16-13/h2-8H,1H3,(H,18,19). The first-order chi connectivity index (χ1) is 9.63. The van der Waals surface area contributed by atoms with Gasteiger partial charge in [0.15, 0.2) is 0 Å². The number of hydrogen-bond acceptors (Lipinski definition) is 4. The van der Waals surface area contributed by atoms with Crippen LogP contribution in [0.1, 0.15) is 10.4 Å². The van der Waals surface area contributed by atoms with Gasteiger partial charge in [0.25, 0.3) is 0 Å². The molecule has 1 N–H and O–H groups in total. The molecule has 1 aromatic carbocycles. The highest BCUT2D eigenvalue weighted by molar-refractivity contribution is 7.99. The Kier molecular flexibility index (Phi) is 3.15. The third-order valence-electron chi connectivity index (χ3n) is 2.84. The average Bonchev–Trinajstić information content (AvgIpc) is 2.83. The van der Waals surface area contributed by atoms with Gasteiger partial charge in [0.1, 0.15) is 5.03 Å². The molecule has 0 unspecified atom stereocenters. The maximum atomic E-state index is 11.1. The fourth-order valence-electron chi connectivity index (χ4n) is 1.95. The van der Waals surface area contributed by atoms with Crippen LogP contribution in [-0.4, -0.2) is 25.8 Å². The van der Waals surface area contributed by atoms with E-state index in [1.165, 1.54) is 11.8 Å². The van der Waals surface area contributed by atoms with Crippen LogP contribution in [-0.2, 0) is 7.05 Å². The van der Waals surface area contributed by atoms with Gasteiger partial charge in [0, 0.05) is 18.6 Å². The van der Waals surface area contributed by atoms with Crippen molar-refractivity contribution in [2.45, 2.75) is 9.92 Å². The van der Waals surface area contributed by atoms with Crippen LogP contribution in [0.3, 0.4) is 0 Å². The summed E-state index contributed by atoms with van der Waals surface area (Å²) in [5.74, 6) is -0.940. The number of hydrogen-bond donors (Lipinski definition) is 1. The van der Waals surface area contributed by atoms with Crippen LogP contribution < -0.4 is 0 Å². The third kappa shape index (κ3) is 2.37. The summed E-state index contributed by atoms with van der Waals surface area (Å²) in [7, 11) is 1.86. The van der Waals surface area contributed by atoms with Crippen molar-refractivity contribution < 1.29 is 9.90 Å². The number of pyridine rings is 1. The van der Waals surface area contributed by atoms with Crippen molar-refractivity contribution in [1.82, 2.24) is 14.8 Å². The van der Waals surface area contributed by atoms with Crippen LogP contribution in [0.2, 0.25) is 0 Å². The molecule has 0 aliphatic rings. The van der Waals surface area contributed by atoms with Crippen LogP contribution in [0.4, 0.5) is 0 Å². The fraction of sp³-hybridized carbons (Fsp3) is 0.0714. The molecule has 0 radical (unpaired) electrons. The topological polar surface area (TPSA) is 68.0 Å². The van der Waals surface area contributed by atoms with E-state index in [1.54, 1.807) is 29.1 Å². The summed E-state index contributed by atoms with van der Waals surface area (Å²) in [6, 6.07) is 8.73. The Labute approximate surface area is 119 Å². The quantitative estimate of drug-likeness (QED) is 0.801. The van der Waals surface area contributed by atoms with Gasteiger partial charge < -0.3 is 5.11 Å². The molecule has 3 aromatic rings. The van der Waals surface area contributed by atoms with E-state index in [4.69, 9.17) is 5.11 Å². The second-order valence-electron chi connectivity index (χ2n) is 4.28. The predicted octanol–water partition coefficient (Wildman–Crippen LogP) is 2.82. The summed E-state index contributed by atoms with van der Waals surface area (Å²) in [5.41, 5.74) is 0.951. The lowest BCUT2D eigenvalue weighted by atomic mass is 10.1. The molecule has 6 heteroatoms. The highest BCUT2D eigenvalue weighted by Gasteiger charge is 2.09. The molecule has 0 atom stereocenters. The Morgan fingerprint density at radius 1 is 1.30 bits per heavy atom. The van der Waals surface area contributed by atoms with E-state index >= 15 is 0 Å². The van der Waals surface area contributed by atoms with Crippen molar-refractivity contribution in [3.8, 4) is 0 Å². The zero-order valence-electron chi connectivity index (χ0n) is 10.6. The van der Waals surface area contributed by atoms with Crippen LogP contribution in [0.5, 0.6) is 0 Å². The molecule has 0 aliphatic heterocycles. The van der Waals surface area contributed by atoms with Gasteiger partial charge in [-0.15, -0.1) is 0 Å². The van der Waals surface area contributed by atoms with E-state index in [0.29, 0.717) is 10.9 Å². The van der Waals surface area contributed by atoms with E-state index in [0.717, 1.165) is 9.92 Å². The molecule has 0 aliphatic carbocycles. The molecule has 100 valence electrons. The van der Waals surface area contributed by atoms with Crippen molar-refractivity contribution >= 4 is 28.6 Å². The lowest BCUT2D eigenvalue weighted by molar-refractivity contribution is 0.0699. The molecular weight excluding hydrogens is 274 g/mol. The number of carboxylic acids is 1. The second-order valence-corrected chi connectivity index (χ2v) is 5.37. The van der Waals surface area contributed by atoms with Crippen molar-refractivity contribution in [3.63, 3.8) is 0 Å². The Bertz CT molecular complexity index is 798. The molecule has 0 amide bonds. The van der Waals surface area contributed by atoms with Crippen LogP contribution in [0.15, 0.2) is 52.6 Å². The summed E-state index contributed by atoms with van der Waals surface area (Å²) in [5, 5.41) is 14.7. The number of nitrogens with zero attached hydrogens (tertiary/aromatic N) is 3. The van der Waals surface area contributed by atoms with Gasteiger partial charge in [-0.1, -0.05) is 17.8 Å². The zero-order chi connectivity index (χ0) is 14.1. The minimum absolute atomic E-state index is 0.271. The number of rotatable bonds is 3. The van der Waals surface area contributed by atoms with E-state index in [-0.39, 0.29) is 5.56 Å². The number of carboxylic acid groups (broad SMARTS) is 1. The van der Waals surface area contributed by atoms with Crippen LogP contribution >= 0.6 is 11.8 Å². The summed E-state index contributed by atoms with van der Waals surface area (Å²) in [6.07, 6.45) is 3.68. The maximum Gasteiger partial charge on any atom is 0.336 e. The number of benzene rings is 1. The summed E-state index contributed by atoms with van der Waals surface area (Å²) >= 11 is 1.50. The molecule has 5 nitrogen and oxygen atoms in total. The molecule has 0 fully saturated rings. The third-order valence-corrected chi connectivity index (χ3v) is 3.72. The summed E-state index contributed by atoms with van der Waals surface area (Å²) in [6.45, 7) is 0. The number of carbonyl (C=O) groups is 1. The van der Waals surface area contributed by atoms with Crippen molar-refractivity contribution in [3.05, 3.63) is 48.3 Å². The second kappa shape index (κ2) is 4.97. The van der Waals surface area contributed by atoms with Gasteiger partial charge in [0.2, 0.25) is 0 Å². The monoisotopic (exact) mass is 285 g/mol. The Hall–Kier alpha value is -2.34. The Balaban J connectivity index is 2.01. The molecule has 3 rings (SSSR count). The lowest BCUT2D eigenvalue weighted by Crippen LogP contribution is -1.97. The van der Waals surface area contributed by atoms with Crippen LogP contribution in [0, 0.1) is 0 Å². The van der Waals surface area contributed by atoms with Gasteiger partial charge >= 0.3 is 5.97 Å². The maximum absolute atomic E-state index is 11.1. The average molecular weight is 285 g/mol. The first-order valence-corrected chi connectivity index (χ1v) is 6.75. The zero-order valence-corrected chi connectivity index (χ0v) is 11.5. The van der Waals surface area contributed by atoms with Crippen molar-refractivity contribution in [2.75, 3.05) is 0 Å². The largest absolute Gasteiger partial charge is 0.478 e. The molecular formula is C14H11N3O2S. The Morgan fingerprint density at radius 2 is 2.15 bits per heavy atom. The van der Waals surface area contributed by atoms with Crippen molar-refractivity contribution in [2.24, 2.45) is 7.05 Å². The highest BCUT2D eigenvalue weighted by atomic mass is 32.2. The molecule has 0 saturated carbocycles. The first-order valence-electron chi connectivity index (χ1n) is 5.93. The molecule has 2 heterocycles. The molecule has 0 saturated heterocycles. The summed E-state index contributed by atoms with van der Waals surface area (Å²) < 4.78 is 1.73. The number of aryl methyl sites for hydroxylation is 1. The summed E-state index contributed by atoms with van der Waals surface area (Å²) in [4.78, 5) is 16.6. The lowest BCUT2D eigenvalue weighted by Gasteiger charge is -2.04. The molecule has 0 bridgehead atoms. The van der Waals surface area contributed by atoms with E-state index < -0.39 is 5.97 Å². The van der Waals surface area contributed by atoms with Gasteiger partial charge in [-0.25, -0.2) is 9.78 Å². The minimum Gasteiger partial charge on any atom is -0.478 e. The minimum atomic E-state index is -0.940. The number of aromatic nitrogens is 3. The number of fused-ring (bicyclic) bond motifs is 1. The Morgan fingerprint density at radius 3 is 2.85 bits per heavy atom.